The smallest absolute Gasteiger partial charge is 0.410 e. The first kappa shape index (κ1) is 18.7. The van der Waals surface area contributed by atoms with E-state index in [1.807, 2.05) is 31.2 Å². The number of likely N-dealkylation sites (tertiary alicyclic amines) is 1. The van der Waals surface area contributed by atoms with E-state index in [1.165, 1.54) is 4.90 Å². The van der Waals surface area contributed by atoms with Crippen molar-refractivity contribution in [1.29, 1.82) is 0 Å². The van der Waals surface area contributed by atoms with Gasteiger partial charge in [0.1, 0.15) is 11.8 Å². The van der Waals surface area contributed by atoms with Gasteiger partial charge in [0.15, 0.2) is 0 Å². The number of halogens is 1. The summed E-state index contributed by atoms with van der Waals surface area (Å²) in [5.74, 6) is 0.0578. The molecule has 2 aromatic rings. The number of ether oxygens (including phenoxy) is 1. The summed E-state index contributed by atoms with van der Waals surface area (Å²) in [6, 6.07) is 13.6. The van der Waals surface area contributed by atoms with Gasteiger partial charge in [-0.25, -0.2) is 4.79 Å². The van der Waals surface area contributed by atoms with Gasteiger partial charge < -0.3 is 15.2 Å². The molecule has 2 N–H and O–H groups in total. The molecule has 0 spiro atoms. The lowest BCUT2D eigenvalue weighted by Gasteiger charge is -2.23. The predicted molar refractivity (Wildman–Crippen MR) is 106 cm³/mol. The Bertz CT molecular complexity index is 812. The number of para-hydroxylation sites is 1. The van der Waals surface area contributed by atoms with Crippen molar-refractivity contribution in [3.63, 3.8) is 0 Å². The standard InChI is InChI=1S/C19H19IN2O4/c1-12-9-13(20)7-8-16(12)21-18(24)17-10-14(23)11-22(17)19(25)26-15-5-3-2-4-6-15/h2-9,14,17,23H,10-11H2,1H3,(H,21,24). The summed E-state index contributed by atoms with van der Waals surface area (Å²) in [7, 11) is 0. The van der Waals surface area contributed by atoms with Crippen molar-refractivity contribution in [2.75, 3.05) is 11.9 Å². The molecule has 0 aromatic heterocycles. The fraction of sp³-hybridized carbons (Fsp3) is 0.263. The molecule has 0 saturated carbocycles. The summed E-state index contributed by atoms with van der Waals surface area (Å²) < 4.78 is 6.38. The SMILES string of the molecule is Cc1cc(I)ccc1NC(=O)C1CC(O)CN1C(=O)Oc1ccccc1. The van der Waals surface area contributed by atoms with Crippen LogP contribution in [0.3, 0.4) is 0 Å². The van der Waals surface area contributed by atoms with E-state index in [4.69, 9.17) is 4.74 Å². The Balaban J connectivity index is 1.72. The molecule has 6 nitrogen and oxygen atoms in total. The number of carbonyl (C=O) groups is 2. The summed E-state index contributed by atoms with van der Waals surface area (Å²) in [5.41, 5.74) is 1.62. The monoisotopic (exact) mass is 466 g/mol. The number of aryl methyl sites for hydroxylation is 1. The molecule has 2 aromatic carbocycles. The zero-order chi connectivity index (χ0) is 18.7. The molecule has 2 amide bonds. The van der Waals surface area contributed by atoms with E-state index in [1.54, 1.807) is 24.3 Å². The van der Waals surface area contributed by atoms with Crippen LogP contribution in [0.4, 0.5) is 10.5 Å². The second-order valence-electron chi connectivity index (χ2n) is 6.19. The van der Waals surface area contributed by atoms with E-state index >= 15 is 0 Å². The molecule has 136 valence electrons. The van der Waals surface area contributed by atoms with Gasteiger partial charge in [-0.3, -0.25) is 9.69 Å². The molecule has 26 heavy (non-hydrogen) atoms. The third-order valence-corrected chi connectivity index (χ3v) is 4.88. The average molecular weight is 466 g/mol. The molecule has 1 fully saturated rings. The number of hydrogen-bond donors (Lipinski definition) is 2. The van der Waals surface area contributed by atoms with Crippen LogP contribution in [0.1, 0.15) is 12.0 Å². The molecular formula is C19H19IN2O4. The Kier molecular flexibility index (Phi) is 5.77. The largest absolute Gasteiger partial charge is 0.416 e. The lowest BCUT2D eigenvalue weighted by molar-refractivity contribution is -0.119. The van der Waals surface area contributed by atoms with Crippen LogP contribution in [0.2, 0.25) is 0 Å². The minimum Gasteiger partial charge on any atom is -0.410 e. The van der Waals surface area contributed by atoms with Crippen LogP contribution < -0.4 is 10.1 Å². The van der Waals surface area contributed by atoms with Crippen molar-refractivity contribution in [2.45, 2.75) is 25.5 Å². The van der Waals surface area contributed by atoms with Gasteiger partial charge in [-0.05, 0) is 65.4 Å². The van der Waals surface area contributed by atoms with Gasteiger partial charge in [-0.2, -0.15) is 0 Å². The number of aliphatic hydroxyl groups is 1. The van der Waals surface area contributed by atoms with Gasteiger partial charge in [0.25, 0.3) is 0 Å². The lowest BCUT2D eigenvalue weighted by atomic mass is 10.1. The summed E-state index contributed by atoms with van der Waals surface area (Å²) in [5, 5.41) is 12.8. The Labute approximate surface area is 165 Å². The Morgan fingerprint density at radius 3 is 2.65 bits per heavy atom. The fourth-order valence-electron chi connectivity index (χ4n) is 2.90. The summed E-state index contributed by atoms with van der Waals surface area (Å²) >= 11 is 2.20. The quantitative estimate of drug-likeness (QED) is 0.682. The minimum atomic E-state index is -0.778. The third kappa shape index (κ3) is 4.34. The second kappa shape index (κ2) is 8.05. The molecule has 1 saturated heterocycles. The first-order valence-corrected chi connectivity index (χ1v) is 9.30. The number of carbonyl (C=O) groups excluding carboxylic acids is 2. The maximum atomic E-state index is 12.7. The van der Waals surface area contributed by atoms with Crippen LogP contribution in [0, 0.1) is 10.5 Å². The average Bonchev–Trinajstić information content (AvgIpc) is 3.00. The van der Waals surface area contributed by atoms with Crippen LogP contribution in [0.25, 0.3) is 0 Å². The van der Waals surface area contributed by atoms with Crippen molar-refractivity contribution in [3.8, 4) is 5.75 Å². The van der Waals surface area contributed by atoms with Gasteiger partial charge in [-0.1, -0.05) is 18.2 Å². The van der Waals surface area contributed by atoms with Crippen LogP contribution in [0.15, 0.2) is 48.5 Å². The number of β-amino-alcohol motifs (C(OH)–C–C–N with tert-alkyl or cyclic N) is 1. The maximum Gasteiger partial charge on any atom is 0.416 e. The van der Waals surface area contributed by atoms with Crippen LogP contribution in [0.5, 0.6) is 5.75 Å². The van der Waals surface area contributed by atoms with Gasteiger partial charge >= 0.3 is 6.09 Å². The maximum absolute atomic E-state index is 12.7. The Morgan fingerprint density at radius 2 is 1.96 bits per heavy atom. The Hall–Kier alpha value is -2.13. The van der Waals surface area contributed by atoms with E-state index in [0.29, 0.717) is 11.4 Å². The van der Waals surface area contributed by atoms with E-state index in [0.717, 1.165) is 9.13 Å². The number of aliphatic hydroxyl groups excluding tert-OH is 1. The van der Waals surface area contributed by atoms with Gasteiger partial charge in [0.2, 0.25) is 5.91 Å². The molecule has 2 atom stereocenters. The number of anilines is 1. The van der Waals surface area contributed by atoms with E-state index in [-0.39, 0.29) is 18.9 Å². The predicted octanol–water partition coefficient (Wildman–Crippen LogP) is 3.17. The normalized spacial score (nSPS) is 19.3. The highest BCUT2D eigenvalue weighted by molar-refractivity contribution is 14.1. The van der Waals surface area contributed by atoms with Gasteiger partial charge in [0, 0.05) is 15.7 Å². The first-order valence-electron chi connectivity index (χ1n) is 8.22. The Morgan fingerprint density at radius 1 is 1.23 bits per heavy atom. The number of rotatable bonds is 3. The van der Waals surface area contributed by atoms with Crippen LogP contribution >= 0.6 is 22.6 Å². The van der Waals surface area contributed by atoms with E-state index in [9.17, 15) is 14.7 Å². The van der Waals surface area contributed by atoms with Crippen molar-refractivity contribution in [2.24, 2.45) is 0 Å². The zero-order valence-electron chi connectivity index (χ0n) is 14.2. The molecule has 1 aliphatic heterocycles. The van der Waals surface area contributed by atoms with Crippen molar-refractivity contribution >= 4 is 40.3 Å². The number of nitrogens with zero attached hydrogens (tertiary/aromatic N) is 1. The zero-order valence-corrected chi connectivity index (χ0v) is 16.3. The summed E-state index contributed by atoms with van der Waals surface area (Å²) in [6.45, 7) is 1.97. The molecule has 3 rings (SSSR count). The highest BCUT2D eigenvalue weighted by Crippen LogP contribution is 2.23. The number of nitrogens with one attached hydrogen (secondary N) is 1. The minimum absolute atomic E-state index is 0.0649. The highest BCUT2D eigenvalue weighted by Gasteiger charge is 2.40. The van der Waals surface area contributed by atoms with E-state index in [2.05, 4.69) is 27.9 Å². The van der Waals surface area contributed by atoms with Crippen LogP contribution in [-0.2, 0) is 4.79 Å². The third-order valence-electron chi connectivity index (χ3n) is 4.21. The fourth-order valence-corrected chi connectivity index (χ4v) is 3.54. The number of hydrogen-bond acceptors (Lipinski definition) is 4. The lowest BCUT2D eigenvalue weighted by Crippen LogP contribution is -2.44. The highest BCUT2D eigenvalue weighted by atomic mass is 127. The van der Waals surface area contributed by atoms with Crippen molar-refractivity contribution < 1.29 is 19.4 Å². The molecule has 1 heterocycles. The molecule has 2 unspecified atom stereocenters. The van der Waals surface area contributed by atoms with Gasteiger partial charge in [0.05, 0.1) is 12.6 Å². The molecule has 0 bridgehead atoms. The molecule has 0 aliphatic carbocycles. The topological polar surface area (TPSA) is 78.9 Å². The van der Waals surface area contributed by atoms with Crippen molar-refractivity contribution in [3.05, 3.63) is 57.7 Å². The summed E-state index contributed by atoms with van der Waals surface area (Å²) in [6.07, 6.45) is -1.22. The number of benzene rings is 2. The second-order valence-corrected chi connectivity index (χ2v) is 7.43. The van der Waals surface area contributed by atoms with E-state index < -0.39 is 18.2 Å². The first-order chi connectivity index (χ1) is 12.4. The number of amides is 2. The van der Waals surface area contributed by atoms with Gasteiger partial charge in [-0.15, -0.1) is 0 Å². The molecule has 0 radical (unpaired) electrons. The molecule has 7 heteroatoms. The van der Waals surface area contributed by atoms with Crippen molar-refractivity contribution in [1.82, 2.24) is 4.90 Å². The van der Waals surface area contributed by atoms with Crippen LogP contribution in [-0.4, -0.2) is 40.7 Å². The molecule has 1 aliphatic rings. The summed E-state index contributed by atoms with van der Waals surface area (Å²) in [4.78, 5) is 26.4. The molecular weight excluding hydrogens is 447 g/mol.